The van der Waals surface area contributed by atoms with Crippen molar-refractivity contribution in [2.45, 2.75) is 32.6 Å². The predicted molar refractivity (Wildman–Crippen MR) is 130 cm³/mol. The first kappa shape index (κ1) is 27.3. The Balaban J connectivity index is 0.000000968. The predicted octanol–water partition coefficient (Wildman–Crippen LogP) is 4.84. The lowest BCUT2D eigenvalue weighted by Crippen LogP contribution is -2.21. The van der Waals surface area contributed by atoms with Crippen molar-refractivity contribution in [3.63, 3.8) is 0 Å². The van der Waals surface area contributed by atoms with Crippen LogP contribution >= 0.6 is 0 Å². The van der Waals surface area contributed by atoms with E-state index in [4.69, 9.17) is 0 Å². The van der Waals surface area contributed by atoms with Crippen molar-refractivity contribution in [1.82, 2.24) is 14.7 Å². The number of nitrogens with one attached hydrogen (secondary N) is 2. The van der Waals surface area contributed by atoms with Crippen LogP contribution in [0.2, 0.25) is 0 Å². The van der Waals surface area contributed by atoms with Crippen molar-refractivity contribution < 1.29 is 8.42 Å². The molecular formula is C23H29N5O2S. The molecule has 0 aliphatic heterocycles. The second kappa shape index (κ2) is 16.1. The number of nitrogens with zero attached hydrogens (tertiary/aromatic N) is 3. The van der Waals surface area contributed by atoms with Crippen LogP contribution in [0.25, 0.3) is 0 Å². The smallest absolute Gasteiger partial charge is 0.261 e. The first-order valence-electron chi connectivity index (χ1n) is 9.26. The highest BCUT2D eigenvalue weighted by atomic mass is 32.2. The van der Waals surface area contributed by atoms with Gasteiger partial charge in [0.25, 0.3) is 10.0 Å². The summed E-state index contributed by atoms with van der Waals surface area (Å²) >= 11 is 0. The van der Waals surface area contributed by atoms with E-state index in [1.807, 2.05) is 19.1 Å². The van der Waals surface area contributed by atoms with E-state index in [1.165, 1.54) is 24.7 Å². The van der Waals surface area contributed by atoms with Crippen molar-refractivity contribution in [1.29, 1.82) is 0 Å². The Labute approximate surface area is 185 Å². The zero-order chi connectivity index (χ0) is 23.5. The number of hydrogen-bond acceptors (Lipinski definition) is 6. The van der Waals surface area contributed by atoms with E-state index < -0.39 is 10.0 Å². The summed E-state index contributed by atoms with van der Waals surface area (Å²) in [5.74, 6) is 2.83. The summed E-state index contributed by atoms with van der Waals surface area (Å²) in [6.45, 7) is 10.5. The lowest BCUT2D eigenvalue weighted by Gasteiger charge is -2.10. The van der Waals surface area contributed by atoms with Gasteiger partial charge in [0.15, 0.2) is 0 Å². The van der Waals surface area contributed by atoms with Gasteiger partial charge in [0.1, 0.15) is 12.1 Å². The number of sulfonamides is 1. The Hall–Kier alpha value is -3.70. The van der Waals surface area contributed by atoms with Crippen molar-refractivity contribution in [2.75, 3.05) is 5.32 Å². The Bertz CT molecular complexity index is 1020. The van der Waals surface area contributed by atoms with Crippen LogP contribution in [0.4, 0.5) is 11.5 Å². The second-order valence-electron chi connectivity index (χ2n) is 5.62. The molecule has 2 aromatic rings. The molecule has 31 heavy (non-hydrogen) atoms. The van der Waals surface area contributed by atoms with Crippen molar-refractivity contribution >= 4 is 27.7 Å². The molecule has 0 bridgehead atoms. The topological polar surface area (TPSA) is 96.3 Å². The molecule has 0 saturated carbocycles. The SMILES string of the molecule is C#CC.C=C/C=C/C.CC=N/C=C(/C)NS(=O)(=O)c1cccc(Nc2ccncn2)c1. The minimum atomic E-state index is -3.67. The Kier molecular flexibility index (Phi) is 14.2. The maximum atomic E-state index is 12.4. The third-order valence-corrected chi connectivity index (χ3v) is 4.51. The zero-order valence-electron chi connectivity index (χ0n) is 18.3. The largest absolute Gasteiger partial charge is 0.340 e. The van der Waals surface area contributed by atoms with Gasteiger partial charge in [-0.2, -0.15) is 0 Å². The van der Waals surface area contributed by atoms with E-state index in [0.717, 1.165) is 0 Å². The lowest BCUT2D eigenvalue weighted by molar-refractivity contribution is 0.588. The summed E-state index contributed by atoms with van der Waals surface area (Å²) in [7, 11) is -3.67. The molecule has 0 aliphatic rings. The molecule has 0 unspecified atom stereocenters. The van der Waals surface area contributed by atoms with Gasteiger partial charge in [-0.15, -0.1) is 12.3 Å². The average Bonchev–Trinajstić information content (AvgIpc) is 2.74. The zero-order valence-corrected chi connectivity index (χ0v) is 19.1. The maximum absolute atomic E-state index is 12.4. The van der Waals surface area contributed by atoms with Gasteiger partial charge in [-0.3, -0.25) is 9.71 Å². The van der Waals surface area contributed by atoms with E-state index in [-0.39, 0.29) is 4.90 Å². The van der Waals surface area contributed by atoms with Crippen LogP contribution in [-0.2, 0) is 10.0 Å². The van der Waals surface area contributed by atoms with Gasteiger partial charge in [-0.25, -0.2) is 18.4 Å². The fraction of sp³-hybridized carbons (Fsp3) is 0.174. The quantitative estimate of drug-likeness (QED) is 0.366. The van der Waals surface area contributed by atoms with Crippen LogP contribution in [0.5, 0.6) is 0 Å². The number of aromatic nitrogens is 2. The summed E-state index contributed by atoms with van der Waals surface area (Å²) in [5, 5.41) is 3.02. The third kappa shape index (κ3) is 12.5. The third-order valence-electron chi connectivity index (χ3n) is 3.04. The molecule has 2 rings (SSSR count). The highest BCUT2D eigenvalue weighted by molar-refractivity contribution is 7.89. The van der Waals surface area contributed by atoms with Crippen LogP contribution in [-0.4, -0.2) is 24.6 Å². The number of rotatable bonds is 7. The minimum absolute atomic E-state index is 0.143. The first-order chi connectivity index (χ1) is 14.8. The molecule has 8 heteroatoms. The molecule has 0 aliphatic carbocycles. The fourth-order valence-electron chi connectivity index (χ4n) is 1.87. The van der Waals surface area contributed by atoms with Crippen molar-refractivity contribution in [3.8, 4) is 12.3 Å². The first-order valence-corrected chi connectivity index (χ1v) is 10.7. The number of benzene rings is 1. The van der Waals surface area contributed by atoms with E-state index in [2.05, 4.69) is 43.9 Å². The van der Waals surface area contributed by atoms with Crippen LogP contribution in [0, 0.1) is 12.3 Å². The summed E-state index contributed by atoms with van der Waals surface area (Å²) < 4.78 is 27.2. The van der Waals surface area contributed by atoms with Crippen LogP contribution in [0.3, 0.4) is 0 Å². The van der Waals surface area contributed by atoms with Gasteiger partial charge in [0.05, 0.1) is 4.90 Å². The van der Waals surface area contributed by atoms with Gasteiger partial charge in [0, 0.05) is 30.0 Å². The normalized spacial score (nSPS) is 10.9. The van der Waals surface area contributed by atoms with Crippen molar-refractivity contribution in [2.24, 2.45) is 4.99 Å². The molecular weight excluding hydrogens is 410 g/mol. The number of hydrogen-bond donors (Lipinski definition) is 2. The molecule has 1 aromatic heterocycles. The number of allylic oxidation sites excluding steroid dienone is 4. The minimum Gasteiger partial charge on any atom is -0.340 e. The highest BCUT2D eigenvalue weighted by Crippen LogP contribution is 2.19. The van der Waals surface area contributed by atoms with E-state index in [9.17, 15) is 8.42 Å². The monoisotopic (exact) mass is 439 g/mol. The van der Waals surface area contributed by atoms with Gasteiger partial charge in [-0.1, -0.05) is 30.9 Å². The summed E-state index contributed by atoms with van der Waals surface area (Å²) in [6, 6.07) is 8.15. The number of anilines is 2. The summed E-state index contributed by atoms with van der Waals surface area (Å²) in [6.07, 6.45) is 16.2. The molecule has 2 N–H and O–H groups in total. The summed E-state index contributed by atoms with van der Waals surface area (Å²) in [4.78, 5) is 11.9. The van der Waals surface area contributed by atoms with Gasteiger partial charge in [-0.05, 0) is 52.0 Å². The van der Waals surface area contributed by atoms with E-state index in [1.54, 1.807) is 57.5 Å². The standard InChI is InChI=1S/C15H17N5O2S.C5H8.C3H4/c1-3-16-10-12(2)20-23(21,22)14-6-4-5-13(9-14)19-15-7-8-17-11-18-15;1-3-5-4-2;1-3-2/h3-11,20H,1-2H3,(H,17,18,19);3-5H,1H2,2H3;1H,2H3/b12-10-,16-3?;5-4+;. The Morgan fingerprint density at radius 3 is 2.52 bits per heavy atom. The number of terminal acetylenes is 1. The van der Waals surface area contributed by atoms with Gasteiger partial charge >= 0.3 is 0 Å². The van der Waals surface area contributed by atoms with E-state index >= 15 is 0 Å². The molecule has 7 nitrogen and oxygen atoms in total. The Morgan fingerprint density at radius 2 is 2.00 bits per heavy atom. The lowest BCUT2D eigenvalue weighted by atomic mass is 10.3. The molecule has 0 spiro atoms. The molecule has 0 amide bonds. The molecule has 0 atom stereocenters. The van der Waals surface area contributed by atoms with Crippen LogP contribution < -0.4 is 10.0 Å². The molecule has 164 valence electrons. The molecule has 0 fully saturated rings. The maximum Gasteiger partial charge on any atom is 0.261 e. The second-order valence-corrected chi connectivity index (χ2v) is 7.30. The molecule has 1 aromatic carbocycles. The van der Waals surface area contributed by atoms with Gasteiger partial charge in [0.2, 0.25) is 0 Å². The van der Waals surface area contributed by atoms with Crippen molar-refractivity contribution in [3.05, 3.63) is 79.6 Å². The average molecular weight is 440 g/mol. The van der Waals surface area contributed by atoms with E-state index in [0.29, 0.717) is 17.2 Å². The molecule has 1 heterocycles. The van der Waals surface area contributed by atoms with Gasteiger partial charge < -0.3 is 5.32 Å². The van der Waals surface area contributed by atoms with Crippen LogP contribution in [0.15, 0.2) is 89.4 Å². The molecule has 0 radical (unpaired) electrons. The van der Waals surface area contributed by atoms with Crippen LogP contribution in [0.1, 0.15) is 27.7 Å². The summed E-state index contributed by atoms with van der Waals surface area (Å²) in [5.41, 5.74) is 1.04. The highest BCUT2D eigenvalue weighted by Gasteiger charge is 2.14. The Morgan fingerprint density at radius 1 is 1.29 bits per heavy atom. The molecule has 0 saturated heterocycles. The number of aliphatic imine (C=N–C) groups is 1. The fourth-order valence-corrected chi connectivity index (χ4v) is 3.01.